The minimum atomic E-state index is 0.631. The van der Waals surface area contributed by atoms with E-state index in [-0.39, 0.29) is 0 Å². The second-order valence-corrected chi connectivity index (χ2v) is 6.05. The summed E-state index contributed by atoms with van der Waals surface area (Å²) in [7, 11) is 0. The molecule has 0 N–H and O–H groups in total. The van der Waals surface area contributed by atoms with Crippen LogP contribution in [0, 0.1) is 24.2 Å². The van der Waals surface area contributed by atoms with Crippen LogP contribution in [-0.4, -0.2) is 6.61 Å². The van der Waals surface area contributed by atoms with Crippen LogP contribution in [0.25, 0.3) is 0 Å². The van der Waals surface area contributed by atoms with Gasteiger partial charge in [0.05, 0.1) is 18.2 Å². The number of nitriles is 1. The molecule has 19 heavy (non-hydrogen) atoms. The van der Waals surface area contributed by atoms with Crippen LogP contribution < -0.4 is 4.74 Å². The van der Waals surface area contributed by atoms with Gasteiger partial charge >= 0.3 is 0 Å². The van der Waals surface area contributed by atoms with Crippen molar-refractivity contribution in [2.75, 3.05) is 6.61 Å². The number of ether oxygens (including phenoxy) is 1. The fourth-order valence-electron chi connectivity index (χ4n) is 3.04. The number of rotatable bonds is 4. The van der Waals surface area contributed by atoms with E-state index in [1.165, 1.54) is 44.1 Å². The Morgan fingerprint density at radius 3 is 2.58 bits per heavy atom. The molecule has 100 valence electrons. The van der Waals surface area contributed by atoms with E-state index in [9.17, 15) is 0 Å². The predicted octanol–water partition coefficient (Wildman–Crippen LogP) is 4.31. The van der Waals surface area contributed by atoms with E-state index in [0.717, 1.165) is 29.4 Å². The summed E-state index contributed by atoms with van der Waals surface area (Å²) >= 11 is 0. The average Bonchev–Trinajstić information content (AvgIpc) is 3.13. The van der Waals surface area contributed by atoms with Crippen LogP contribution in [0.1, 0.15) is 61.1 Å². The number of hydrogen-bond donors (Lipinski definition) is 0. The summed E-state index contributed by atoms with van der Waals surface area (Å²) in [5.74, 6) is 2.40. The van der Waals surface area contributed by atoms with Crippen LogP contribution >= 0.6 is 0 Å². The van der Waals surface area contributed by atoms with Crippen molar-refractivity contribution in [2.24, 2.45) is 5.92 Å². The summed E-state index contributed by atoms with van der Waals surface area (Å²) in [5, 5.41) is 9.15. The quantitative estimate of drug-likeness (QED) is 0.803. The first kappa shape index (κ1) is 12.5. The molecule has 1 aromatic rings. The second-order valence-electron chi connectivity index (χ2n) is 6.05. The van der Waals surface area contributed by atoms with E-state index in [1.54, 1.807) is 0 Å². The monoisotopic (exact) mass is 255 g/mol. The van der Waals surface area contributed by atoms with Gasteiger partial charge in [-0.05, 0) is 67.7 Å². The molecule has 3 rings (SSSR count). The van der Waals surface area contributed by atoms with Crippen molar-refractivity contribution < 1.29 is 4.74 Å². The Hall–Kier alpha value is -1.49. The molecule has 0 unspecified atom stereocenters. The normalized spacial score (nSPS) is 19.4. The van der Waals surface area contributed by atoms with Crippen molar-refractivity contribution in [1.29, 1.82) is 5.26 Å². The molecule has 0 bridgehead atoms. The lowest BCUT2D eigenvalue weighted by Gasteiger charge is -2.16. The molecule has 2 aliphatic carbocycles. The van der Waals surface area contributed by atoms with Gasteiger partial charge in [-0.15, -0.1) is 0 Å². The molecule has 0 amide bonds. The van der Waals surface area contributed by atoms with Gasteiger partial charge in [-0.25, -0.2) is 0 Å². The third kappa shape index (κ3) is 2.76. The van der Waals surface area contributed by atoms with Gasteiger partial charge in [0.1, 0.15) is 5.75 Å². The van der Waals surface area contributed by atoms with Crippen molar-refractivity contribution >= 4 is 0 Å². The van der Waals surface area contributed by atoms with Crippen LogP contribution in [0.2, 0.25) is 0 Å². The van der Waals surface area contributed by atoms with Crippen molar-refractivity contribution in [3.05, 3.63) is 28.8 Å². The molecule has 2 heteroatoms. The third-order valence-electron chi connectivity index (χ3n) is 4.44. The van der Waals surface area contributed by atoms with Gasteiger partial charge in [0.2, 0.25) is 0 Å². The van der Waals surface area contributed by atoms with Gasteiger partial charge in [-0.1, -0.05) is 12.8 Å². The molecule has 0 aromatic heterocycles. The Morgan fingerprint density at radius 1 is 1.21 bits per heavy atom. The van der Waals surface area contributed by atoms with Crippen molar-refractivity contribution in [3.8, 4) is 11.8 Å². The van der Waals surface area contributed by atoms with Crippen molar-refractivity contribution in [2.45, 2.75) is 51.4 Å². The lowest BCUT2D eigenvalue weighted by Crippen LogP contribution is -2.09. The van der Waals surface area contributed by atoms with Gasteiger partial charge in [-0.3, -0.25) is 0 Å². The maximum atomic E-state index is 9.15. The summed E-state index contributed by atoms with van der Waals surface area (Å²) < 4.78 is 6.09. The van der Waals surface area contributed by atoms with Gasteiger partial charge in [0.25, 0.3) is 0 Å². The highest BCUT2D eigenvalue weighted by Crippen LogP contribution is 2.45. The molecule has 0 spiro atoms. The molecule has 0 atom stereocenters. The van der Waals surface area contributed by atoms with Crippen LogP contribution in [0.5, 0.6) is 5.75 Å². The predicted molar refractivity (Wildman–Crippen MR) is 75.3 cm³/mol. The highest BCUT2D eigenvalue weighted by Gasteiger charge is 2.28. The summed E-state index contributed by atoms with van der Waals surface area (Å²) in [6, 6.07) is 6.41. The highest BCUT2D eigenvalue weighted by atomic mass is 16.5. The Kier molecular flexibility index (Phi) is 3.46. The van der Waals surface area contributed by atoms with Crippen LogP contribution in [0.4, 0.5) is 0 Å². The maximum Gasteiger partial charge on any atom is 0.123 e. The first-order valence-corrected chi connectivity index (χ1v) is 7.45. The van der Waals surface area contributed by atoms with E-state index in [2.05, 4.69) is 18.2 Å². The van der Waals surface area contributed by atoms with Crippen molar-refractivity contribution in [1.82, 2.24) is 0 Å². The van der Waals surface area contributed by atoms with Crippen LogP contribution in [-0.2, 0) is 0 Å². The topological polar surface area (TPSA) is 33.0 Å². The van der Waals surface area contributed by atoms with Gasteiger partial charge < -0.3 is 4.74 Å². The van der Waals surface area contributed by atoms with E-state index in [4.69, 9.17) is 10.00 Å². The molecule has 2 aliphatic rings. The smallest absolute Gasteiger partial charge is 0.123 e. The van der Waals surface area contributed by atoms with E-state index >= 15 is 0 Å². The zero-order valence-corrected chi connectivity index (χ0v) is 11.6. The first-order chi connectivity index (χ1) is 9.28. The first-order valence-electron chi connectivity index (χ1n) is 7.45. The molecule has 0 aliphatic heterocycles. The summed E-state index contributed by atoms with van der Waals surface area (Å²) in [6.07, 6.45) is 7.83. The van der Waals surface area contributed by atoms with E-state index < -0.39 is 0 Å². The lowest BCUT2D eigenvalue weighted by molar-refractivity contribution is 0.250. The molecular formula is C17H21NO. The number of aryl methyl sites for hydroxylation is 1. The minimum absolute atomic E-state index is 0.631. The second kappa shape index (κ2) is 5.25. The molecule has 0 radical (unpaired) electrons. The number of nitrogens with zero attached hydrogens (tertiary/aromatic N) is 1. The molecule has 1 aromatic carbocycles. The Labute approximate surface area is 115 Å². The Balaban J connectivity index is 1.78. The third-order valence-corrected chi connectivity index (χ3v) is 4.44. The number of hydrogen-bond acceptors (Lipinski definition) is 2. The standard InChI is InChI=1S/C17H21NO/c1-12-8-17(19-11-13-4-2-3-5-13)16(14-6-7-14)9-15(12)10-18/h8-9,13-14H,2-7,11H2,1H3. The molecule has 2 nitrogen and oxygen atoms in total. The SMILES string of the molecule is Cc1cc(OCC2CCCC2)c(C2CC2)cc1C#N. The summed E-state index contributed by atoms with van der Waals surface area (Å²) in [6.45, 7) is 2.85. The lowest BCUT2D eigenvalue weighted by atomic mass is 10.0. The Bertz CT molecular complexity index is 505. The Morgan fingerprint density at radius 2 is 1.95 bits per heavy atom. The van der Waals surface area contributed by atoms with Gasteiger partial charge in [0.15, 0.2) is 0 Å². The fourth-order valence-corrected chi connectivity index (χ4v) is 3.04. The van der Waals surface area contributed by atoms with Gasteiger partial charge in [-0.2, -0.15) is 5.26 Å². The molecule has 2 fully saturated rings. The molecule has 2 saturated carbocycles. The van der Waals surface area contributed by atoms with E-state index in [0.29, 0.717) is 5.92 Å². The number of benzene rings is 1. The molecule has 0 heterocycles. The van der Waals surface area contributed by atoms with Crippen LogP contribution in [0.3, 0.4) is 0 Å². The fraction of sp³-hybridized carbons (Fsp3) is 0.588. The van der Waals surface area contributed by atoms with Gasteiger partial charge in [0, 0.05) is 0 Å². The minimum Gasteiger partial charge on any atom is -0.493 e. The zero-order chi connectivity index (χ0) is 13.2. The summed E-state index contributed by atoms with van der Waals surface area (Å²) in [4.78, 5) is 0. The molecule has 0 saturated heterocycles. The largest absolute Gasteiger partial charge is 0.493 e. The van der Waals surface area contributed by atoms with E-state index in [1.807, 2.05) is 6.92 Å². The summed E-state index contributed by atoms with van der Waals surface area (Å²) in [5.41, 5.74) is 3.10. The van der Waals surface area contributed by atoms with Crippen molar-refractivity contribution in [3.63, 3.8) is 0 Å². The molecular weight excluding hydrogens is 234 g/mol. The van der Waals surface area contributed by atoms with Crippen LogP contribution in [0.15, 0.2) is 12.1 Å². The maximum absolute atomic E-state index is 9.15. The zero-order valence-electron chi connectivity index (χ0n) is 11.6. The average molecular weight is 255 g/mol. The highest BCUT2D eigenvalue weighted by molar-refractivity contribution is 5.50.